The molecule has 4 aromatic rings. The van der Waals surface area contributed by atoms with Gasteiger partial charge in [-0.3, -0.25) is 13.9 Å². The minimum atomic E-state index is -4.12. The third-order valence-corrected chi connectivity index (χ3v) is 8.65. The number of carbonyl (C=O) groups excluding carboxylic acids is 2. The van der Waals surface area contributed by atoms with Crippen molar-refractivity contribution < 1.29 is 18.0 Å². The molecule has 43 heavy (non-hydrogen) atoms. The highest BCUT2D eigenvalue weighted by molar-refractivity contribution is 7.92. The van der Waals surface area contributed by atoms with Gasteiger partial charge in [0.1, 0.15) is 12.6 Å². The van der Waals surface area contributed by atoms with E-state index in [0.29, 0.717) is 5.69 Å². The zero-order valence-corrected chi connectivity index (χ0v) is 25.9. The SMILES string of the molecule is Cc1cccc(N(CC(=O)N(Cc2ccccc2)C(Cc2ccccc2)C(=O)NC(C)(C)C)S(=O)(=O)c2ccccc2)c1. The molecule has 0 heterocycles. The van der Waals surface area contributed by atoms with Gasteiger partial charge in [-0.1, -0.05) is 91.0 Å². The van der Waals surface area contributed by atoms with Crippen LogP contribution >= 0.6 is 0 Å². The molecule has 7 nitrogen and oxygen atoms in total. The highest BCUT2D eigenvalue weighted by Gasteiger charge is 2.35. The van der Waals surface area contributed by atoms with Gasteiger partial charge in [0.05, 0.1) is 10.6 Å². The van der Waals surface area contributed by atoms with Gasteiger partial charge in [-0.15, -0.1) is 0 Å². The van der Waals surface area contributed by atoms with E-state index >= 15 is 0 Å². The Hall–Kier alpha value is -4.43. The molecular formula is C35H39N3O4S. The van der Waals surface area contributed by atoms with Crippen molar-refractivity contribution in [2.75, 3.05) is 10.8 Å². The van der Waals surface area contributed by atoms with Gasteiger partial charge < -0.3 is 10.2 Å². The number of nitrogens with zero attached hydrogens (tertiary/aromatic N) is 2. The third kappa shape index (κ3) is 8.55. The van der Waals surface area contributed by atoms with E-state index in [-0.39, 0.29) is 23.8 Å². The van der Waals surface area contributed by atoms with Crippen LogP contribution in [-0.4, -0.2) is 43.3 Å². The number of amides is 2. The number of hydrogen-bond acceptors (Lipinski definition) is 4. The molecule has 0 fully saturated rings. The molecule has 8 heteroatoms. The number of rotatable bonds is 11. The molecule has 224 valence electrons. The van der Waals surface area contributed by atoms with Gasteiger partial charge >= 0.3 is 0 Å². The van der Waals surface area contributed by atoms with Crippen molar-refractivity contribution in [1.29, 1.82) is 0 Å². The molecule has 0 saturated heterocycles. The number of anilines is 1. The number of carbonyl (C=O) groups is 2. The zero-order chi connectivity index (χ0) is 31.0. The van der Waals surface area contributed by atoms with E-state index in [1.165, 1.54) is 17.0 Å². The molecule has 2 amide bonds. The van der Waals surface area contributed by atoms with Crippen LogP contribution in [0.15, 0.2) is 120 Å². The van der Waals surface area contributed by atoms with Crippen molar-refractivity contribution in [2.45, 2.75) is 57.1 Å². The maximum absolute atomic E-state index is 14.4. The second kappa shape index (κ2) is 13.7. The summed E-state index contributed by atoms with van der Waals surface area (Å²) in [5.74, 6) is -0.802. The third-order valence-electron chi connectivity index (χ3n) is 6.86. The highest BCUT2D eigenvalue weighted by atomic mass is 32.2. The number of benzene rings is 4. The summed E-state index contributed by atoms with van der Waals surface area (Å²) >= 11 is 0. The first kappa shape index (κ1) is 31.5. The average molecular weight is 598 g/mol. The maximum Gasteiger partial charge on any atom is 0.264 e. The molecule has 1 unspecified atom stereocenters. The summed E-state index contributed by atoms with van der Waals surface area (Å²) < 4.78 is 29.2. The average Bonchev–Trinajstić information content (AvgIpc) is 2.98. The first-order valence-electron chi connectivity index (χ1n) is 14.3. The molecule has 0 spiro atoms. The Balaban J connectivity index is 1.80. The van der Waals surface area contributed by atoms with Crippen LogP contribution in [0.3, 0.4) is 0 Å². The van der Waals surface area contributed by atoms with Crippen molar-refractivity contribution in [2.24, 2.45) is 0 Å². The number of hydrogen-bond donors (Lipinski definition) is 1. The van der Waals surface area contributed by atoms with E-state index < -0.39 is 34.1 Å². The predicted octanol–water partition coefficient (Wildman–Crippen LogP) is 5.75. The zero-order valence-electron chi connectivity index (χ0n) is 25.1. The van der Waals surface area contributed by atoms with Gasteiger partial charge in [0.15, 0.2) is 0 Å². The fraction of sp³-hybridized carbons (Fsp3) is 0.257. The second-order valence-electron chi connectivity index (χ2n) is 11.6. The Bertz CT molecular complexity index is 1620. The van der Waals surface area contributed by atoms with E-state index in [0.717, 1.165) is 21.0 Å². The molecule has 0 saturated carbocycles. The van der Waals surface area contributed by atoms with Crippen molar-refractivity contribution in [1.82, 2.24) is 10.2 Å². The van der Waals surface area contributed by atoms with E-state index in [1.54, 1.807) is 36.4 Å². The predicted molar refractivity (Wildman–Crippen MR) is 171 cm³/mol. The van der Waals surface area contributed by atoms with Gasteiger partial charge in [-0.25, -0.2) is 8.42 Å². The van der Waals surface area contributed by atoms with Gasteiger partial charge in [0, 0.05) is 18.5 Å². The Labute approximate surface area is 255 Å². The molecule has 0 bridgehead atoms. The van der Waals surface area contributed by atoms with Gasteiger partial charge in [0.25, 0.3) is 10.0 Å². The van der Waals surface area contributed by atoms with Gasteiger partial charge in [0.2, 0.25) is 11.8 Å². The Morgan fingerprint density at radius 2 is 1.33 bits per heavy atom. The van der Waals surface area contributed by atoms with Crippen molar-refractivity contribution >= 4 is 27.5 Å². The van der Waals surface area contributed by atoms with Crippen LogP contribution in [0.25, 0.3) is 0 Å². The largest absolute Gasteiger partial charge is 0.350 e. The lowest BCUT2D eigenvalue weighted by Gasteiger charge is -2.35. The first-order chi connectivity index (χ1) is 20.4. The summed E-state index contributed by atoms with van der Waals surface area (Å²) in [7, 11) is -4.12. The Morgan fingerprint density at radius 1 is 0.767 bits per heavy atom. The Morgan fingerprint density at radius 3 is 1.88 bits per heavy atom. The fourth-order valence-corrected chi connectivity index (χ4v) is 6.25. The van der Waals surface area contributed by atoms with E-state index in [2.05, 4.69) is 5.32 Å². The molecule has 0 aliphatic carbocycles. The van der Waals surface area contributed by atoms with E-state index in [1.807, 2.05) is 94.4 Å². The number of aryl methyl sites for hydroxylation is 1. The molecule has 4 aromatic carbocycles. The second-order valence-corrected chi connectivity index (χ2v) is 13.5. The molecule has 0 aliphatic rings. The van der Waals surface area contributed by atoms with Gasteiger partial charge in [-0.05, 0) is 68.7 Å². The van der Waals surface area contributed by atoms with Crippen LogP contribution in [0.2, 0.25) is 0 Å². The summed E-state index contributed by atoms with van der Waals surface area (Å²) in [5.41, 5.74) is 2.39. The van der Waals surface area contributed by atoms with Crippen molar-refractivity contribution in [3.8, 4) is 0 Å². The van der Waals surface area contributed by atoms with Gasteiger partial charge in [-0.2, -0.15) is 0 Å². The molecule has 0 aliphatic heterocycles. The molecule has 4 rings (SSSR count). The minimum Gasteiger partial charge on any atom is -0.350 e. The monoisotopic (exact) mass is 597 g/mol. The summed E-state index contributed by atoms with van der Waals surface area (Å²) in [6, 6.07) is 33.1. The molecule has 1 atom stereocenters. The molecular weight excluding hydrogens is 558 g/mol. The van der Waals surface area contributed by atoms with Crippen molar-refractivity contribution in [3.05, 3.63) is 132 Å². The van der Waals surface area contributed by atoms with Crippen LogP contribution < -0.4 is 9.62 Å². The lowest BCUT2D eigenvalue weighted by molar-refractivity contribution is -0.140. The smallest absolute Gasteiger partial charge is 0.264 e. The minimum absolute atomic E-state index is 0.0743. The summed E-state index contributed by atoms with van der Waals surface area (Å²) in [4.78, 5) is 29.9. The lowest BCUT2D eigenvalue weighted by Crippen LogP contribution is -2.56. The van der Waals surface area contributed by atoms with Crippen molar-refractivity contribution in [3.63, 3.8) is 0 Å². The van der Waals surface area contributed by atoms with Crippen LogP contribution in [0.4, 0.5) is 5.69 Å². The normalized spacial score (nSPS) is 12.3. The van der Waals surface area contributed by atoms with E-state index in [4.69, 9.17) is 0 Å². The summed E-state index contributed by atoms with van der Waals surface area (Å²) in [5, 5.41) is 3.04. The van der Waals surface area contributed by atoms with Crippen LogP contribution in [0, 0.1) is 6.92 Å². The number of nitrogens with one attached hydrogen (secondary N) is 1. The summed E-state index contributed by atoms with van der Waals surface area (Å²) in [6.45, 7) is 7.18. The molecule has 0 aromatic heterocycles. The van der Waals surface area contributed by atoms with Crippen LogP contribution in [0.1, 0.15) is 37.5 Å². The molecule has 1 N–H and O–H groups in total. The standard InChI is InChI=1S/C35H39N3O4S/c1-27-15-14-20-30(23-27)38(43(41,42)31-21-12-7-13-22-31)26-33(39)37(25-29-18-10-6-11-19-29)32(34(40)36-35(2,3)4)24-28-16-8-5-9-17-28/h5-23,32H,24-26H2,1-4H3,(H,36,40). The lowest BCUT2D eigenvalue weighted by atomic mass is 10.0. The molecule has 0 radical (unpaired) electrons. The highest BCUT2D eigenvalue weighted by Crippen LogP contribution is 2.26. The summed E-state index contributed by atoms with van der Waals surface area (Å²) in [6.07, 6.45) is 0.261. The van der Waals surface area contributed by atoms with Crippen LogP contribution in [-0.2, 0) is 32.6 Å². The topological polar surface area (TPSA) is 86.8 Å². The van der Waals surface area contributed by atoms with E-state index in [9.17, 15) is 18.0 Å². The fourth-order valence-electron chi connectivity index (χ4n) is 4.82. The number of sulfonamides is 1. The Kier molecular flexibility index (Phi) is 10.0. The van der Waals surface area contributed by atoms with Crippen LogP contribution in [0.5, 0.6) is 0 Å². The maximum atomic E-state index is 14.4. The quantitative estimate of drug-likeness (QED) is 0.239. The first-order valence-corrected chi connectivity index (χ1v) is 15.7.